The second kappa shape index (κ2) is 4.92. The van der Waals surface area contributed by atoms with Gasteiger partial charge in [-0.25, -0.2) is 0 Å². The van der Waals surface area contributed by atoms with Crippen LogP contribution in [-0.4, -0.2) is 42.5 Å². The number of likely N-dealkylation sites (N-methyl/N-ethyl adjacent to an activating group) is 1. The molecule has 0 bridgehead atoms. The Kier molecular flexibility index (Phi) is 3.75. The minimum atomic E-state index is -0.211. The first-order valence-corrected chi connectivity index (χ1v) is 6.52. The lowest BCUT2D eigenvalue weighted by Gasteiger charge is -2.35. The maximum absolute atomic E-state index is 12.1. The molecular formula is C12H20ClNO2. The maximum atomic E-state index is 12.1. The van der Waals surface area contributed by atoms with Gasteiger partial charge in [0.15, 0.2) is 0 Å². The zero-order chi connectivity index (χ0) is 11.7. The molecule has 1 saturated carbocycles. The van der Waals surface area contributed by atoms with E-state index in [1.165, 1.54) is 0 Å². The summed E-state index contributed by atoms with van der Waals surface area (Å²) in [5, 5.41) is 0.329. The van der Waals surface area contributed by atoms with E-state index in [9.17, 15) is 4.79 Å². The Morgan fingerprint density at radius 3 is 2.69 bits per heavy atom. The van der Waals surface area contributed by atoms with Crippen LogP contribution in [0.3, 0.4) is 0 Å². The number of nitrogens with zero attached hydrogens (tertiary/aromatic N) is 1. The number of hydrogen-bond acceptors (Lipinski definition) is 2. The molecule has 0 aromatic carbocycles. The maximum Gasteiger partial charge on any atom is 0.251 e. The molecule has 0 aromatic heterocycles. The molecule has 2 rings (SSSR count). The topological polar surface area (TPSA) is 29.5 Å². The molecule has 2 atom stereocenters. The quantitative estimate of drug-likeness (QED) is 0.711. The molecule has 0 radical (unpaired) electrons. The Balaban J connectivity index is 1.80. The number of halogens is 1. The largest absolute Gasteiger partial charge is 0.368 e. The first-order valence-electron chi connectivity index (χ1n) is 6.08. The minimum Gasteiger partial charge on any atom is -0.368 e. The van der Waals surface area contributed by atoms with E-state index in [0.29, 0.717) is 17.2 Å². The molecule has 0 aromatic rings. The lowest BCUT2D eigenvalue weighted by atomic mass is 9.84. The van der Waals surface area contributed by atoms with E-state index in [1.54, 1.807) is 0 Å². The molecule has 1 aliphatic heterocycles. The predicted octanol–water partition coefficient (Wildman–Crippen LogP) is 1.89. The van der Waals surface area contributed by atoms with Crippen LogP contribution >= 0.6 is 11.6 Å². The van der Waals surface area contributed by atoms with Gasteiger partial charge >= 0.3 is 0 Å². The Morgan fingerprint density at radius 1 is 1.50 bits per heavy atom. The van der Waals surface area contributed by atoms with E-state index in [4.69, 9.17) is 16.3 Å². The summed E-state index contributed by atoms with van der Waals surface area (Å²) in [6.45, 7) is 3.63. The molecule has 2 unspecified atom stereocenters. The second-order valence-electron chi connectivity index (χ2n) is 5.21. The Hall–Kier alpha value is -0.280. The fourth-order valence-corrected chi connectivity index (χ4v) is 3.01. The van der Waals surface area contributed by atoms with Crippen LogP contribution in [0.5, 0.6) is 0 Å². The normalized spacial score (nSPS) is 38.2. The van der Waals surface area contributed by atoms with Crippen LogP contribution in [0.25, 0.3) is 0 Å². The van der Waals surface area contributed by atoms with Crippen molar-refractivity contribution in [1.82, 2.24) is 4.90 Å². The minimum absolute atomic E-state index is 0.142. The standard InChI is InChI=1S/C12H20ClNO2/c1-8-3-4-16-11(8)12(15)14(2)7-9-5-10(13)6-9/h8-11H,3-7H2,1-2H3. The van der Waals surface area contributed by atoms with Gasteiger partial charge < -0.3 is 9.64 Å². The van der Waals surface area contributed by atoms with E-state index in [-0.39, 0.29) is 12.0 Å². The van der Waals surface area contributed by atoms with Crippen LogP contribution in [0.15, 0.2) is 0 Å². The Morgan fingerprint density at radius 2 is 2.19 bits per heavy atom. The van der Waals surface area contributed by atoms with Crippen molar-refractivity contribution >= 4 is 17.5 Å². The summed E-state index contributed by atoms with van der Waals surface area (Å²) >= 11 is 5.93. The first-order chi connectivity index (χ1) is 7.58. The number of hydrogen-bond donors (Lipinski definition) is 0. The molecule has 1 aliphatic carbocycles. The van der Waals surface area contributed by atoms with Gasteiger partial charge in [0.05, 0.1) is 0 Å². The number of carbonyl (C=O) groups excluding carboxylic acids is 1. The van der Waals surface area contributed by atoms with Gasteiger partial charge in [-0.1, -0.05) is 6.92 Å². The van der Waals surface area contributed by atoms with E-state index < -0.39 is 0 Å². The summed E-state index contributed by atoms with van der Waals surface area (Å²) in [5.74, 6) is 1.09. The molecule has 3 nitrogen and oxygen atoms in total. The zero-order valence-electron chi connectivity index (χ0n) is 9.99. The van der Waals surface area contributed by atoms with Crippen molar-refractivity contribution < 1.29 is 9.53 Å². The lowest BCUT2D eigenvalue weighted by Crippen LogP contribution is -2.43. The van der Waals surface area contributed by atoms with Crippen LogP contribution in [0.1, 0.15) is 26.2 Å². The summed E-state index contributed by atoms with van der Waals surface area (Å²) in [6, 6.07) is 0. The Bertz CT molecular complexity index is 266. The van der Waals surface area contributed by atoms with E-state index in [2.05, 4.69) is 6.92 Å². The van der Waals surface area contributed by atoms with Crippen molar-refractivity contribution in [1.29, 1.82) is 0 Å². The second-order valence-corrected chi connectivity index (χ2v) is 5.83. The van der Waals surface area contributed by atoms with Crippen molar-refractivity contribution in [2.24, 2.45) is 11.8 Å². The molecule has 16 heavy (non-hydrogen) atoms. The number of rotatable bonds is 3. The molecule has 92 valence electrons. The summed E-state index contributed by atoms with van der Waals surface area (Å²) in [4.78, 5) is 13.9. The third-order valence-corrected chi connectivity index (χ3v) is 4.07. The van der Waals surface area contributed by atoms with Crippen LogP contribution in [-0.2, 0) is 9.53 Å². The molecule has 4 heteroatoms. The third kappa shape index (κ3) is 2.51. The van der Waals surface area contributed by atoms with Gasteiger partial charge in [0.25, 0.3) is 5.91 Å². The molecule has 1 heterocycles. The zero-order valence-corrected chi connectivity index (χ0v) is 10.7. The van der Waals surface area contributed by atoms with Gasteiger partial charge in [-0.3, -0.25) is 4.79 Å². The summed E-state index contributed by atoms with van der Waals surface area (Å²) in [7, 11) is 1.87. The fourth-order valence-electron chi connectivity index (χ4n) is 2.51. The van der Waals surface area contributed by atoms with Gasteiger partial charge in [0.1, 0.15) is 6.10 Å². The van der Waals surface area contributed by atoms with E-state index >= 15 is 0 Å². The summed E-state index contributed by atoms with van der Waals surface area (Å²) in [5.41, 5.74) is 0. The molecule has 1 saturated heterocycles. The van der Waals surface area contributed by atoms with Crippen molar-refractivity contribution in [3.05, 3.63) is 0 Å². The van der Waals surface area contributed by atoms with E-state index in [0.717, 1.165) is 32.4 Å². The smallest absolute Gasteiger partial charge is 0.251 e. The number of ether oxygens (including phenoxy) is 1. The Labute approximate surface area is 102 Å². The first kappa shape index (κ1) is 12.2. The highest BCUT2D eigenvalue weighted by atomic mass is 35.5. The number of amides is 1. The average molecular weight is 246 g/mol. The van der Waals surface area contributed by atoms with Crippen molar-refractivity contribution in [3.63, 3.8) is 0 Å². The monoisotopic (exact) mass is 245 g/mol. The van der Waals surface area contributed by atoms with Crippen LogP contribution in [0.2, 0.25) is 0 Å². The predicted molar refractivity (Wildman–Crippen MR) is 63.5 cm³/mol. The van der Waals surface area contributed by atoms with Gasteiger partial charge in [0, 0.05) is 25.6 Å². The SMILES string of the molecule is CC1CCOC1C(=O)N(C)CC1CC(Cl)C1. The molecular weight excluding hydrogens is 226 g/mol. The molecule has 0 spiro atoms. The summed E-state index contributed by atoms with van der Waals surface area (Å²) < 4.78 is 5.49. The van der Waals surface area contributed by atoms with Crippen molar-refractivity contribution in [2.75, 3.05) is 20.2 Å². The molecule has 2 fully saturated rings. The van der Waals surface area contributed by atoms with E-state index in [1.807, 2.05) is 11.9 Å². The van der Waals surface area contributed by atoms with Crippen molar-refractivity contribution in [3.8, 4) is 0 Å². The van der Waals surface area contributed by atoms with Gasteiger partial charge in [0.2, 0.25) is 0 Å². The van der Waals surface area contributed by atoms with Crippen molar-refractivity contribution in [2.45, 2.75) is 37.7 Å². The van der Waals surface area contributed by atoms with Crippen LogP contribution < -0.4 is 0 Å². The van der Waals surface area contributed by atoms with Gasteiger partial charge in [-0.2, -0.15) is 0 Å². The average Bonchev–Trinajstić information content (AvgIpc) is 2.61. The van der Waals surface area contributed by atoms with Gasteiger partial charge in [-0.15, -0.1) is 11.6 Å². The highest BCUT2D eigenvalue weighted by Gasteiger charge is 2.35. The summed E-state index contributed by atoms with van der Waals surface area (Å²) in [6.07, 6.45) is 2.87. The van der Waals surface area contributed by atoms with Gasteiger partial charge in [-0.05, 0) is 31.1 Å². The molecule has 0 N–H and O–H groups in total. The molecule has 2 aliphatic rings. The fraction of sp³-hybridized carbons (Fsp3) is 0.917. The lowest BCUT2D eigenvalue weighted by molar-refractivity contribution is -0.142. The number of carbonyl (C=O) groups is 1. The van der Waals surface area contributed by atoms with Crippen LogP contribution in [0.4, 0.5) is 0 Å². The highest BCUT2D eigenvalue weighted by molar-refractivity contribution is 6.21. The molecule has 1 amide bonds. The van der Waals surface area contributed by atoms with Crippen LogP contribution in [0, 0.1) is 11.8 Å². The third-order valence-electron chi connectivity index (χ3n) is 3.72. The highest BCUT2D eigenvalue weighted by Crippen LogP contribution is 2.32. The number of alkyl halides is 1.